The quantitative estimate of drug-likeness (QED) is 0.666. The maximum Gasteiger partial charge on any atom is 0.347 e. The lowest BCUT2D eigenvalue weighted by Crippen LogP contribution is -2.22. The number of rotatable bonds is 4. The van der Waals surface area contributed by atoms with Crippen LogP contribution in [0, 0.1) is 5.82 Å². The summed E-state index contributed by atoms with van der Waals surface area (Å²) in [4.78, 5) is 14.4. The highest BCUT2D eigenvalue weighted by Crippen LogP contribution is 1.97. The van der Waals surface area contributed by atoms with Gasteiger partial charge < -0.3 is 0 Å². The van der Waals surface area contributed by atoms with Crippen LogP contribution in [-0.2, 0) is 6.54 Å². The molecule has 0 aliphatic heterocycles. The Morgan fingerprint density at radius 1 is 1.54 bits per heavy atom. The van der Waals surface area contributed by atoms with E-state index in [9.17, 15) is 9.18 Å². The second-order valence-corrected chi connectivity index (χ2v) is 2.96. The minimum Gasteiger partial charge on any atom is -0.296 e. The normalized spacial score (nSPS) is 10.3. The zero-order valence-electron chi connectivity index (χ0n) is 7.66. The van der Waals surface area contributed by atoms with Crippen molar-refractivity contribution in [2.45, 2.75) is 32.7 Å². The van der Waals surface area contributed by atoms with Gasteiger partial charge in [0.2, 0.25) is 0 Å². The molecule has 3 nitrogen and oxygen atoms in total. The zero-order chi connectivity index (χ0) is 9.68. The lowest BCUT2D eigenvalue weighted by atomic mass is 10.2. The third-order valence-corrected chi connectivity index (χ3v) is 1.83. The first kappa shape index (κ1) is 9.89. The van der Waals surface area contributed by atoms with Crippen molar-refractivity contribution in [3.63, 3.8) is 0 Å². The van der Waals surface area contributed by atoms with Gasteiger partial charge in [0, 0.05) is 12.7 Å². The van der Waals surface area contributed by atoms with E-state index in [2.05, 4.69) is 11.9 Å². The molecule has 13 heavy (non-hydrogen) atoms. The van der Waals surface area contributed by atoms with Crippen molar-refractivity contribution in [1.82, 2.24) is 9.55 Å². The molecular weight excluding hydrogens is 171 g/mol. The molecule has 0 saturated heterocycles. The molecule has 1 heterocycles. The lowest BCUT2D eigenvalue weighted by Gasteiger charge is -2.02. The van der Waals surface area contributed by atoms with Gasteiger partial charge in [-0.05, 0) is 6.42 Å². The predicted molar refractivity (Wildman–Crippen MR) is 48.0 cm³/mol. The Hall–Kier alpha value is -1.19. The number of nitrogens with zero attached hydrogens (tertiary/aromatic N) is 2. The van der Waals surface area contributed by atoms with Crippen molar-refractivity contribution in [3.05, 3.63) is 28.7 Å². The maximum atomic E-state index is 12.6. The summed E-state index contributed by atoms with van der Waals surface area (Å²) in [7, 11) is 0. The van der Waals surface area contributed by atoms with Crippen molar-refractivity contribution >= 4 is 0 Å². The standard InChI is InChI=1S/C9H13FN2O/c1-2-3-4-5-12-7-8(10)6-11-9(12)13/h6-7H,2-5H2,1H3. The molecule has 0 amide bonds. The highest BCUT2D eigenvalue weighted by molar-refractivity contribution is 4.85. The summed E-state index contributed by atoms with van der Waals surface area (Å²) in [6, 6.07) is 0. The summed E-state index contributed by atoms with van der Waals surface area (Å²) in [6.45, 7) is 2.63. The Labute approximate surface area is 76.2 Å². The smallest absolute Gasteiger partial charge is 0.296 e. The van der Waals surface area contributed by atoms with Gasteiger partial charge in [-0.25, -0.2) is 9.18 Å². The van der Waals surface area contributed by atoms with E-state index >= 15 is 0 Å². The van der Waals surface area contributed by atoms with E-state index in [0.29, 0.717) is 6.54 Å². The van der Waals surface area contributed by atoms with Crippen molar-refractivity contribution in [2.75, 3.05) is 0 Å². The van der Waals surface area contributed by atoms with Crippen LogP contribution >= 0.6 is 0 Å². The fourth-order valence-electron chi connectivity index (χ4n) is 1.12. The summed E-state index contributed by atoms with van der Waals surface area (Å²) in [5, 5.41) is 0. The lowest BCUT2D eigenvalue weighted by molar-refractivity contribution is 0.535. The van der Waals surface area contributed by atoms with Gasteiger partial charge >= 0.3 is 5.69 Å². The molecular formula is C9H13FN2O. The number of unbranched alkanes of at least 4 members (excludes halogenated alkanes) is 2. The summed E-state index contributed by atoms with van der Waals surface area (Å²) in [5.74, 6) is -0.462. The molecule has 1 rings (SSSR count). The Bertz CT molecular complexity index is 322. The second kappa shape index (κ2) is 4.74. The first-order valence-electron chi connectivity index (χ1n) is 4.46. The minimum absolute atomic E-state index is 0.377. The molecule has 0 aliphatic rings. The van der Waals surface area contributed by atoms with Crippen LogP contribution in [-0.4, -0.2) is 9.55 Å². The summed E-state index contributed by atoms with van der Waals surface area (Å²) < 4.78 is 13.9. The average Bonchev–Trinajstić information content (AvgIpc) is 2.11. The van der Waals surface area contributed by atoms with E-state index in [4.69, 9.17) is 0 Å². The molecule has 1 aromatic rings. The summed E-state index contributed by atoms with van der Waals surface area (Å²) >= 11 is 0. The zero-order valence-corrected chi connectivity index (χ0v) is 7.66. The van der Waals surface area contributed by atoms with Gasteiger partial charge in [0.15, 0.2) is 5.82 Å². The Kier molecular flexibility index (Phi) is 3.61. The summed E-state index contributed by atoms with van der Waals surface area (Å²) in [6.07, 6.45) is 5.16. The first-order chi connectivity index (χ1) is 6.24. The molecule has 0 aliphatic carbocycles. The third-order valence-electron chi connectivity index (χ3n) is 1.83. The van der Waals surface area contributed by atoms with Crippen LogP contribution in [0.2, 0.25) is 0 Å². The molecule has 1 aromatic heterocycles. The van der Waals surface area contributed by atoms with Crippen molar-refractivity contribution in [2.24, 2.45) is 0 Å². The maximum absolute atomic E-state index is 12.6. The number of hydrogen-bond acceptors (Lipinski definition) is 2. The van der Waals surface area contributed by atoms with Gasteiger partial charge in [0.25, 0.3) is 0 Å². The van der Waals surface area contributed by atoms with E-state index in [1.54, 1.807) is 0 Å². The van der Waals surface area contributed by atoms with E-state index in [1.807, 2.05) is 0 Å². The van der Waals surface area contributed by atoms with Crippen molar-refractivity contribution in [1.29, 1.82) is 0 Å². The fourth-order valence-corrected chi connectivity index (χ4v) is 1.12. The predicted octanol–water partition coefficient (Wildman–Crippen LogP) is 1.57. The first-order valence-corrected chi connectivity index (χ1v) is 4.46. The van der Waals surface area contributed by atoms with Crippen LogP contribution in [0.3, 0.4) is 0 Å². The highest BCUT2D eigenvalue weighted by Gasteiger charge is 1.98. The van der Waals surface area contributed by atoms with Gasteiger partial charge in [-0.15, -0.1) is 0 Å². The van der Waals surface area contributed by atoms with Crippen LogP contribution in [0.25, 0.3) is 0 Å². The highest BCUT2D eigenvalue weighted by atomic mass is 19.1. The Balaban J connectivity index is 2.65. The van der Waals surface area contributed by atoms with E-state index in [-0.39, 0.29) is 5.69 Å². The molecule has 4 heteroatoms. The van der Waals surface area contributed by atoms with Crippen LogP contribution in [0.5, 0.6) is 0 Å². The van der Waals surface area contributed by atoms with E-state index in [0.717, 1.165) is 25.5 Å². The molecule has 0 unspecified atom stereocenters. The Morgan fingerprint density at radius 3 is 3.00 bits per heavy atom. The number of aromatic nitrogens is 2. The molecule has 0 N–H and O–H groups in total. The van der Waals surface area contributed by atoms with E-state index in [1.165, 1.54) is 10.8 Å². The van der Waals surface area contributed by atoms with Crippen LogP contribution in [0.4, 0.5) is 4.39 Å². The van der Waals surface area contributed by atoms with Crippen molar-refractivity contribution < 1.29 is 4.39 Å². The van der Waals surface area contributed by atoms with E-state index < -0.39 is 5.82 Å². The SMILES string of the molecule is CCCCCn1cc(F)cnc1=O. The van der Waals surface area contributed by atoms with Gasteiger partial charge in [-0.2, -0.15) is 4.98 Å². The topological polar surface area (TPSA) is 34.9 Å². The monoisotopic (exact) mass is 184 g/mol. The second-order valence-electron chi connectivity index (χ2n) is 2.96. The average molecular weight is 184 g/mol. The molecule has 0 fully saturated rings. The summed E-state index contributed by atoms with van der Waals surface area (Å²) in [5.41, 5.74) is -0.377. The van der Waals surface area contributed by atoms with Crippen molar-refractivity contribution in [3.8, 4) is 0 Å². The molecule has 0 saturated carbocycles. The number of hydrogen-bond donors (Lipinski definition) is 0. The molecule has 72 valence electrons. The van der Waals surface area contributed by atoms with Gasteiger partial charge in [0.1, 0.15) is 0 Å². The molecule has 0 atom stereocenters. The van der Waals surface area contributed by atoms with Crippen LogP contribution in [0.1, 0.15) is 26.2 Å². The molecule has 0 spiro atoms. The minimum atomic E-state index is -0.462. The van der Waals surface area contributed by atoms with Gasteiger partial charge in [-0.3, -0.25) is 4.57 Å². The van der Waals surface area contributed by atoms with Crippen LogP contribution < -0.4 is 5.69 Å². The largest absolute Gasteiger partial charge is 0.347 e. The van der Waals surface area contributed by atoms with Crippen LogP contribution in [0.15, 0.2) is 17.2 Å². The third kappa shape index (κ3) is 2.97. The van der Waals surface area contributed by atoms with Gasteiger partial charge in [-0.1, -0.05) is 19.8 Å². The number of aryl methyl sites for hydroxylation is 1. The molecule has 0 bridgehead atoms. The fraction of sp³-hybridized carbons (Fsp3) is 0.556. The molecule has 0 radical (unpaired) electrons. The molecule has 0 aromatic carbocycles. The Morgan fingerprint density at radius 2 is 2.31 bits per heavy atom. The number of halogens is 1. The van der Waals surface area contributed by atoms with Gasteiger partial charge in [0.05, 0.1) is 6.20 Å².